The van der Waals surface area contributed by atoms with Crippen LogP contribution in [-0.2, 0) is 21.5 Å². The van der Waals surface area contributed by atoms with E-state index in [1.807, 2.05) is 35.8 Å². The van der Waals surface area contributed by atoms with Crippen LogP contribution >= 0.6 is 0 Å². The van der Waals surface area contributed by atoms with Gasteiger partial charge in [-0.05, 0) is 74.2 Å². The zero-order valence-electron chi connectivity index (χ0n) is 26.0. The third-order valence-corrected chi connectivity index (χ3v) is 13.3. The Morgan fingerprint density at radius 1 is 1.18 bits per heavy atom. The maximum atomic E-state index is 14.4. The summed E-state index contributed by atoms with van der Waals surface area (Å²) in [5.41, 5.74) is 5.84. The largest absolute Gasteiger partial charge is 0.508 e. The molecule has 2 aromatic heterocycles. The van der Waals surface area contributed by atoms with Gasteiger partial charge in [0, 0.05) is 31.8 Å². The van der Waals surface area contributed by atoms with Crippen LogP contribution in [0.1, 0.15) is 54.3 Å². The van der Waals surface area contributed by atoms with Crippen LogP contribution in [0.2, 0.25) is 25.7 Å². The third kappa shape index (κ3) is 4.74. The van der Waals surface area contributed by atoms with Gasteiger partial charge in [0.05, 0.1) is 34.1 Å². The summed E-state index contributed by atoms with van der Waals surface area (Å²) >= 11 is 0. The second kappa shape index (κ2) is 10.6. The molecule has 2 aliphatic rings. The Morgan fingerprint density at radius 3 is 2.68 bits per heavy atom. The topological polar surface area (TPSA) is 110 Å². The van der Waals surface area contributed by atoms with Crippen molar-refractivity contribution < 1.29 is 18.3 Å². The van der Waals surface area contributed by atoms with Crippen molar-refractivity contribution in [2.45, 2.75) is 70.3 Å². The minimum atomic E-state index is -3.97. The van der Waals surface area contributed by atoms with E-state index < -0.39 is 22.8 Å². The number of aromatic nitrogens is 3. The molecule has 0 saturated heterocycles. The van der Waals surface area contributed by atoms with Gasteiger partial charge in [-0.1, -0.05) is 50.0 Å². The summed E-state index contributed by atoms with van der Waals surface area (Å²) in [4.78, 5) is 5.04. The number of imidazole rings is 1. The lowest BCUT2D eigenvalue weighted by molar-refractivity contribution is 0.0878. The number of rotatable bonds is 8. The Labute approximate surface area is 259 Å². The molecule has 6 rings (SSSR count). The lowest BCUT2D eigenvalue weighted by atomic mass is 9.87. The SMILES string of the molecule is CC1=C(O)C=CCC1(C)S(=O)(=O)n1cc2c3c(ccc(C)c31)C(c1nc3ccc(C#N)cc3n1COCC[Si](C)(C)C)C=C2. The molecule has 0 saturated carbocycles. The maximum absolute atomic E-state index is 14.4. The summed E-state index contributed by atoms with van der Waals surface area (Å²) in [5.74, 6) is 0.506. The molecule has 8 nitrogen and oxygen atoms in total. The molecule has 4 aromatic rings. The highest BCUT2D eigenvalue weighted by molar-refractivity contribution is 7.91. The van der Waals surface area contributed by atoms with Crippen molar-refractivity contribution in [3.8, 4) is 6.07 Å². The third-order valence-electron chi connectivity index (χ3n) is 9.17. The van der Waals surface area contributed by atoms with E-state index in [2.05, 4.69) is 37.9 Å². The van der Waals surface area contributed by atoms with E-state index in [1.165, 1.54) is 3.97 Å². The number of benzene rings is 2. The minimum Gasteiger partial charge on any atom is -0.508 e. The van der Waals surface area contributed by atoms with Crippen LogP contribution in [0.25, 0.3) is 28.0 Å². The van der Waals surface area contributed by atoms with Gasteiger partial charge in [-0.15, -0.1) is 0 Å². The van der Waals surface area contributed by atoms with Gasteiger partial charge in [-0.3, -0.25) is 0 Å². The molecule has 0 fully saturated rings. The fraction of sp³-hybridized carbons (Fsp3) is 0.353. The first-order chi connectivity index (χ1) is 20.8. The number of nitrogens with zero attached hydrogens (tertiary/aromatic N) is 4. The van der Waals surface area contributed by atoms with Crippen LogP contribution < -0.4 is 0 Å². The predicted octanol–water partition coefficient (Wildman–Crippen LogP) is 7.37. The zero-order valence-corrected chi connectivity index (χ0v) is 27.9. The number of hydrogen-bond donors (Lipinski definition) is 1. The summed E-state index contributed by atoms with van der Waals surface area (Å²) in [6.07, 6.45) is 9.30. The molecule has 2 aliphatic carbocycles. The standard InChI is InChI=1S/C34H38N4O4SSi/c1-22-9-12-26-27(33-36-28-14-10-24(19-35)18-29(28)37(33)21-42-16-17-44(4,5)6)13-11-25-20-38(32(22)31(25)26)43(40,41)34(3)15-7-8-30(39)23(34)2/h7-14,18,20,27,39H,15-17,21H2,1-6H3. The van der Waals surface area contributed by atoms with E-state index in [0.717, 1.165) is 45.0 Å². The van der Waals surface area contributed by atoms with Crippen LogP contribution in [0.5, 0.6) is 0 Å². The van der Waals surface area contributed by atoms with E-state index in [9.17, 15) is 18.8 Å². The second-order valence-electron chi connectivity index (χ2n) is 13.3. The average molecular weight is 627 g/mol. The summed E-state index contributed by atoms with van der Waals surface area (Å²) in [6.45, 7) is 13.2. The minimum absolute atomic E-state index is 0.00813. The van der Waals surface area contributed by atoms with Crippen molar-refractivity contribution in [3.05, 3.63) is 94.2 Å². The fourth-order valence-corrected chi connectivity index (χ4v) is 8.95. The summed E-state index contributed by atoms with van der Waals surface area (Å²) in [7, 11) is -5.26. The molecule has 0 spiro atoms. The van der Waals surface area contributed by atoms with Gasteiger partial charge in [-0.25, -0.2) is 17.4 Å². The molecule has 0 radical (unpaired) electrons. The highest BCUT2D eigenvalue weighted by Crippen LogP contribution is 2.44. The summed E-state index contributed by atoms with van der Waals surface area (Å²) in [5, 5.41) is 20.9. The number of fused-ring (bicyclic) bond motifs is 1. The highest BCUT2D eigenvalue weighted by Gasteiger charge is 2.45. The Hall–Kier alpha value is -3.91. The van der Waals surface area contributed by atoms with Crippen molar-refractivity contribution in [3.63, 3.8) is 0 Å². The second-order valence-corrected chi connectivity index (χ2v) is 21.2. The number of aryl methyl sites for hydroxylation is 1. The lowest BCUT2D eigenvalue weighted by Gasteiger charge is -2.32. The van der Waals surface area contributed by atoms with Crippen LogP contribution in [0.4, 0.5) is 0 Å². The maximum Gasteiger partial charge on any atom is 0.248 e. The first-order valence-electron chi connectivity index (χ1n) is 14.9. The number of hydrogen-bond acceptors (Lipinski definition) is 6. The van der Waals surface area contributed by atoms with E-state index in [-0.39, 0.29) is 18.1 Å². The number of ether oxygens (including phenoxy) is 1. The molecule has 0 bridgehead atoms. The van der Waals surface area contributed by atoms with Crippen molar-refractivity contribution >= 4 is 46.1 Å². The van der Waals surface area contributed by atoms with E-state index in [4.69, 9.17) is 9.72 Å². The molecular formula is C34H38N4O4SSi. The van der Waals surface area contributed by atoms with Crippen molar-refractivity contribution in [1.29, 1.82) is 5.26 Å². The number of aliphatic hydroxyl groups excluding tert-OH is 1. The summed E-state index contributed by atoms with van der Waals surface area (Å²) in [6, 6.07) is 12.8. The van der Waals surface area contributed by atoms with Crippen LogP contribution in [-0.4, -0.2) is 46.5 Å². The van der Waals surface area contributed by atoms with E-state index in [1.54, 1.807) is 38.3 Å². The van der Waals surface area contributed by atoms with Gasteiger partial charge in [0.2, 0.25) is 10.0 Å². The molecule has 2 heterocycles. The molecule has 2 unspecified atom stereocenters. The van der Waals surface area contributed by atoms with Crippen molar-refractivity contribution in [1.82, 2.24) is 13.5 Å². The molecule has 10 heteroatoms. The Morgan fingerprint density at radius 2 is 1.95 bits per heavy atom. The normalized spacial score (nSPS) is 20.2. The van der Waals surface area contributed by atoms with Crippen LogP contribution in [0, 0.1) is 18.3 Å². The molecule has 2 atom stereocenters. The Kier molecular flexibility index (Phi) is 7.27. The van der Waals surface area contributed by atoms with Gasteiger partial charge < -0.3 is 14.4 Å². The van der Waals surface area contributed by atoms with Gasteiger partial charge in [0.15, 0.2) is 0 Å². The van der Waals surface area contributed by atoms with E-state index in [0.29, 0.717) is 30.0 Å². The fourth-order valence-electron chi connectivity index (χ4n) is 6.24. The van der Waals surface area contributed by atoms with Crippen molar-refractivity contribution in [2.75, 3.05) is 6.61 Å². The molecular weight excluding hydrogens is 589 g/mol. The average Bonchev–Trinajstić information content (AvgIpc) is 3.55. The zero-order chi connectivity index (χ0) is 31.6. The summed E-state index contributed by atoms with van der Waals surface area (Å²) < 4.78 is 37.2. The molecule has 0 amide bonds. The van der Waals surface area contributed by atoms with Gasteiger partial charge in [0.25, 0.3) is 0 Å². The quantitative estimate of drug-likeness (QED) is 0.162. The van der Waals surface area contributed by atoms with Crippen LogP contribution in [0.15, 0.2) is 66.1 Å². The highest BCUT2D eigenvalue weighted by atomic mass is 32.2. The van der Waals surface area contributed by atoms with E-state index >= 15 is 0 Å². The predicted molar refractivity (Wildman–Crippen MR) is 178 cm³/mol. The van der Waals surface area contributed by atoms with Gasteiger partial charge in [0.1, 0.15) is 23.1 Å². The smallest absolute Gasteiger partial charge is 0.248 e. The van der Waals surface area contributed by atoms with Gasteiger partial charge in [-0.2, -0.15) is 5.26 Å². The number of nitriles is 1. The molecule has 44 heavy (non-hydrogen) atoms. The molecule has 2 aromatic carbocycles. The number of allylic oxidation sites excluding steroid dienone is 3. The van der Waals surface area contributed by atoms with Gasteiger partial charge >= 0.3 is 0 Å². The van der Waals surface area contributed by atoms with Crippen LogP contribution in [0.3, 0.4) is 0 Å². The molecule has 1 N–H and O–H groups in total. The first-order valence-corrected chi connectivity index (χ1v) is 20.0. The Balaban J connectivity index is 1.49. The molecule has 228 valence electrons. The lowest BCUT2D eigenvalue weighted by Crippen LogP contribution is -2.41. The van der Waals surface area contributed by atoms with Crippen molar-refractivity contribution in [2.24, 2.45) is 0 Å². The first kappa shape index (κ1) is 30.1. The number of aliphatic hydroxyl groups is 1. The monoisotopic (exact) mass is 626 g/mol. The Bertz CT molecular complexity index is 2070. The molecule has 0 aliphatic heterocycles.